The average molecular weight is 364 g/mol. The number of anilines is 2. The summed E-state index contributed by atoms with van der Waals surface area (Å²) in [5, 5.41) is 12.1. The number of benzene rings is 1. The van der Waals surface area contributed by atoms with Crippen LogP contribution in [0.5, 0.6) is 5.75 Å². The van der Waals surface area contributed by atoms with Gasteiger partial charge in [0.1, 0.15) is 5.75 Å². The van der Waals surface area contributed by atoms with Crippen molar-refractivity contribution >= 4 is 39.8 Å². The van der Waals surface area contributed by atoms with E-state index >= 15 is 0 Å². The molecule has 3 rings (SSSR count). The second-order valence-corrected chi connectivity index (χ2v) is 7.54. The maximum absolute atomic E-state index is 12.6. The Balaban J connectivity index is 1.65. The zero-order valence-corrected chi connectivity index (χ0v) is 15.4. The largest absolute Gasteiger partial charge is 0.497 e. The molecule has 0 radical (unpaired) electrons. The molecule has 0 saturated heterocycles. The van der Waals surface area contributed by atoms with Crippen LogP contribution in [0.15, 0.2) is 22.5 Å². The monoisotopic (exact) mass is 364 g/mol. The Kier molecular flexibility index (Phi) is 5.57. The predicted octanol–water partition coefficient (Wildman–Crippen LogP) is 3.05. The third-order valence-electron chi connectivity index (χ3n) is 3.76. The molecule has 0 atom stereocenters. The Morgan fingerprint density at radius 1 is 1.46 bits per heavy atom. The van der Waals surface area contributed by atoms with E-state index in [9.17, 15) is 4.79 Å². The van der Waals surface area contributed by atoms with Crippen LogP contribution in [0.2, 0.25) is 0 Å². The van der Waals surface area contributed by atoms with E-state index in [1.165, 1.54) is 28.7 Å². The fraction of sp³-hybridized carbons (Fsp3) is 0.438. The van der Waals surface area contributed by atoms with Crippen molar-refractivity contribution in [2.24, 2.45) is 0 Å². The van der Waals surface area contributed by atoms with Crippen molar-refractivity contribution in [3.63, 3.8) is 0 Å². The van der Waals surface area contributed by atoms with Crippen LogP contribution in [0.1, 0.15) is 18.9 Å². The van der Waals surface area contributed by atoms with Crippen molar-refractivity contribution in [3.05, 3.63) is 23.8 Å². The molecule has 2 aromatic rings. The third kappa shape index (κ3) is 3.81. The number of nitrogens with one attached hydrogen (secondary N) is 1. The van der Waals surface area contributed by atoms with Gasteiger partial charge in [-0.2, -0.15) is 0 Å². The number of fused-ring (bicyclic) bond motifs is 1. The van der Waals surface area contributed by atoms with Gasteiger partial charge in [0.15, 0.2) is 4.34 Å². The standard InChI is InChI=1S/C16H20N4O2S2/c1-3-17-15-18-19-16(24-15)23-10-14(21)20-8-4-5-11-9-12(22-2)6-7-13(11)20/h6-7,9H,3-5,8,10H2,1-2H3,(H,17,18). The van der Waals surface area contributed by atoms with E-state index in [1.807, 2.05) is 30.0 Å². The number of amides is 1. The van der Waals surface area contributed by atoms with Crippen molar-refractivity contribution in [3.8, 4) is 5.75 Å². The molecule has 1 amide bonds. The highest BCUT2D eigenvalue weighted by Gasteiger charge is 2.23. The van der Waals surface area contributed by atoms with Gasteiger partial charge in [-0.1, -0.05) is 23.1 Å². The summed E-state index contributed by atoms with van der Waals surface area (Å²) in [5.41, 5.74) is 2.17. The van der Waals surface area contributed by atoms with Crippen LogP contribution in [0.4, 0.5) is 10.8 Å². The van der Waals surface area contributed by atoms with E-state index < -0.39 is 0 Å². The van der Waals surface area contributed by atoms with Gasteiger partial charge in [-0.15, -0.1) is 10.2 Å². The van der Waals surface area contributed by atoms with Crippen molar-refractivity contribution in [1.82, 2.24) is 10.2 Å². The lowest BCUT2D eigenvalue weighted by molar-refractivity contribution is -0.116. The third-order valence-corrected chi connectivity index (χ3v) is 5.76. The van der Waals surface area contributed by atoms with Crippen LogP contribution in [0, 0.1) is 0 Å². The second-order valence-electron chi connectivity index (χ2n) is 5.34. The summed E-state index contributed by atoms with van der Waals surface area (Å²) in [6.07, 6.45) is 1.95. The van der Waals surface area contributed by atoms with Gasteiger partial charge in [-0.3, -0.25) is 4.79 Å². The zero-order chi connectivity index (χ0) is 16.9. The maximum Gasteiger partial charge on any atom is 0.237 e. The Hall–Kier alpha value is -1.80. The summed E-state index contributed by atoms with van der Waals surface area (Å²) >= 11 is 2.92. The lowest BCUT2D eigenvalue weighted by Crippen LogP contribution is -2.36. The Morgan fingerprint density at radius 3 is 3.12 bits per heavy atom. The zero-order valence-electron chi connectivity index (χ0n) is 13.7. The number of ether oxygens (including phenoxy) is 1. The summed E-state index contributed by atoms with van der Waals surface area (Å²) in [7, 11) is 1.66. The number of aryl methyl sites for hydroxylation is 1. The number of nitrogens with zero attached hydrogens (tertiary/aromatic N) is 3. The quantitative estimate of drug-likeness (QED) is 0.795. The molecule has 0 spiro atoms. The summed E-state index contributed by atoms with van der Waals surface area (Å²) in [4.78, 5) is 14.5. The van der Waals surface area contributed by atoms with Crippen LogP contribution in [0.3, 0.4) is 0 Å². The summed E-state index contributed by atoms with van der Waals surface area (Å²) in [6, 6.07) is 5.91. The molecule has 0 fully saturated rings. The molecule has 0 unspecified atom stereocenters. The molecule has 0 bridgehead atoms. The number of hydrogen-bond acceptors (Lipinski definition) is 7. The molecule has 0 saturated carbocycles. The first-order chi connectivity index (χ1) is 11.7. The topological polar surface area (TPSA) is 67.4 Å². The minimum absolute atomic E-state index is 0.103. The summed E-state index contributed by atoms with van der Waals surface area (Å²) < 4.78 is 6.09. The minimum atomic E-state index is 0.103. The van der Waals surface area contributed by atoms with E-state index in [0.717, 1.165) is 46.8 Å². The highest BCUT2D eigenvalue weighted by Crippen LogP contribution is 2.32. The van der Waals surface area contributed by atoms with E-state index in [-0.39, 0.29) is 5.91 Å². The highest BCUT2D eigenvalue weighted by molar-refractivity contribution is 8.01. The van der Waals surface area contributed by atoms with Gasteiger partial charge < -0.3 is 15.0 Å². The minimum Gasteiger partial charge on any atom is -0.497 e. The average Bonchev–Trinajstić information content (AvgIpc) is 3.06. The number of hydrogen-bond donors (Lipinski definition) is 1. The normalized spacial score (nSPS) is 13.5. The molecular formula is C16H20N4O2S2. The van der Waals surface area contributed by atoms with Gasteiger partial charge in [0.05, 0.1) is 12.9 Å². The van der Waals surface area contributed by atoms with Crippen molar-refractivity contribution < 1.29 is 9.53 Å². The van der Waals surface area contributed by atoms with Crippen LogP contribution in [-0.4, -0.2) is 42.1 Å². The number of thioether (sulfide) groups is 1. The Morgan fingerprint density at radius 2 is 2.33 bits per heavy atom. The summed E-state index contributed by atoms with van der Waals surface area (Å²) in [6.45, 7) is 3.59. The van der Waals surface area contributed by atoms with Crippen LogP contribution >= 0.6 is 23.1 Å². The lowest BCUT2D eigenvalue weighted by atomic mass is 10.0. The maximum atomic E-state index is 12.6. The van der Waals surface area contributed by atoms with Gasteiger partial charge in [0.25, 0.3) is 0 Å². The van der Waals surface area contributed by atoms with E-state index in [1.54, 1.807) is 7.11 Å². The van der Waals surface area contributed by atoms with Gasteiger partial charge in [-0.05, 0) is 43.5 Å². The van der Waals surface area contributed by atoms with Gasteiger partial charge in [-0.25, -0.2) is 0 Å². The number of rotatable bonds is 6. The van der Waals surface area contributed by atoms with Crippen LogP contribution in [-0.2, 0) is 11.2 Å². The molecule has 2 heterocycles. The van der Waals surface area contributed by atoms with Gasteiger partial charge in [0.2, 0.25) is 11.0 Å². The lowest BCUT2D eigenvalue weighted by Gasteiger charge is -2.29. The fourth-order valence-corrected chi connectivity index (χ4v) is 4.35. The molecular weight excluding hydrogens is 344 g/mol. The summed E-state index contributed by atoms with van der Waals surface area (Å²) in [5.74, 6) is 1.31. The number of methoxy groups -OCH3 is 1. The molecule has 1 N–H and O–H groups in total. The molecule has 0 aliphatic carbocycles. The second kappa shape index (κ2) is 7.85. The predicted molar refractivity (Wildman–Crippen MR) is 98.5 cm³/mol. The van der Waals surface area contributed by atoms with E-state index in [0.29, 0.717) is 5.75 Å². The molecule has 6 nitrogen and oxygen atoms in total. The van der Waals surface area contributed by atoms with Crippen LogP contribution < -0.4 is 15.0 Å². The van der Waals surface area contributed by atoms with Gasteiger partial charge >= 0.3 is 0 Å². The molecule has 1 aromatic carbocycles. The number of carbonyl (C=O) groups excluding carboxylic acids is 1. The highest BCUT2D eigenvalue weighted by atomic mass is 32.2. The van der Waals surface area contributed by atoms with Crippen molar-refractivity contribution in [2.45, 2.75) is 24.1 Å². The first-order valence-corrected chi connectivity index (χ1v) is 9.69. The SMILES string of the molecule is CCNc1nnc(SCC(=O)N2CCCc3cc(OC)ccc32)s1. The molecule has 8 heteroatoms. The molecule has 1 aliphatic heterocycles. The van der Waals surface area contributed by atoms with Crippen molar-refractivity contribution in [1.29, 1.82) is 0 Å². The molecule has 1 aliphatic rings. The fourth-order valence-electron chi connectivity index (χ4n) is 2.65. The number of aromatic nitrogens is 2. The van der Waals surface area contributed by atoms with Crippen molar-refractivity contribution in [2.75, 3.05) is 36.2 Å². The molecule has 24 heavy (non-hydrogen) atoms. The van der Waals surface area contributed by atoms with Gasteiger partial charge in [0, 0.05) is 18.8 Å². The Bertz CT molecular complexity index is 720. The molecule has 128 valence electrons. The Labute approximate surface area is 149 Å². The van der Waals surface area contributed by atoms with E-state index in [4.69, 9.17) is 4.74 Å². The number of carbonyl (C=O) groups is 1. The first kappa shape index (κ1) is 17.0. The smallest absolute Gasteiger partial charge is 0.237 e. The molecule has 1 aromatic heterocycles. The van der Waals surface area contributed by atoms with Crippen LogP contribution in [0.25, 0.3) is 0 Å². The van der Waals surface area contributed by atoms with E-state index in [2.05, 4.69) is 15.5 Å². The first-order valence-electron chi connectivity index (χ1n) is 7.88.